The van der Waals surface area contributed by atoms with Gasteiger partial charge in [-0.15, -0.1) is 11.3 Å². The van der Waals surface area contributed by atoms with E-state index in [4.69, 9.17) is 11.6 Å². The molecule has 2 aromatic carbocycles. The fourth-order valence-corrected chi connectivity index (χ4v) is 4.24. The van der Waals surface area contributed by atoms with E-state index < -0.39 is 0 Å². The number of hydrogen-bond donors (Lipinski definition) is 1. The topological polar surface area (TPSA) is 49.4 Å². The maximum Gasteiger partial charge on any atom is 0.265 e. The van der Waals surface area contributed by atoms with Crippen molar-refractivity contribution in [2.24, 2.45) is 0 Å². The van der Waals surface area contributed by atoms with Crippen LogP contribution >= 0.6 is 22.9 Å². The SMILES string of the molecule is Cc1cccc(CN2Cc3cccc(NC(=O)c4ccc(Cl)s4)c3C2=O)c1. The van der Waals surface area contributed by atoms with Crippen LogP contribution in [-0.4, -0.2) is 16.7 Å². The number of hydrogen-bond acceptors (Lipinski definition) is 3. The van der Waals surface area contributed by atoms with Crippen molar-refractivity contribution in [3.05, 3.63) is 86.1 Å². The van der Waals surface area contributed by atoms with E-state index >= 15 is 0 Å². The van der Waals surface area contributed by atoms with Gasteiger partial charge in [0.25, 0.3) is 11.8 Å². The van der Waals surface area contributed by atoms with E-state index in [0.29, 0.717) is 33.6 Å². The lowest BCUT2D eigenvalue weighted by Crippen LogP contribution is -2.24. The van der Waals surface area contributed by atoms with Gasteiger partial charge in [-0.1, -0.05) is 53.6 Å². The van der Waals surface area contributed by atoms with Crippen molar-refractivity contribution in [3.8, 4) is 0 Å². The van der Waals surface area contributed by atoms with E-state index in [-0.39, 0.29) is 11.8 Å². The molecule has 6 heteroatoms. The van der Waals surface area contributed by atoms with Crippen LogP contribution in [0.3, 0.4) is 0 Å². The maximum absolute atomic E-state index is 13.0. The molecule has 3 aromatic rings. The monoisotopic (exact) mass is 396 g/mol. The van der Waals surface area contributed by atoms with Gasteiger partial charge in [0.05, 0.1) is 20.5 Å². The summed E-state index contributed by atoms with van der Waals surface area (Å²) in [6, 6.07) is 17.1. The van der Waals surface area contributed by atoms with Crippen molar-refractivity contribution in [1.29, 1.82) is 0 Å². The number of nitrogens with one attached hydrogen (secondary N) is 1. The highest BCUT2D eigenvalue weighted by atomic mass is 35.5. The Morgan fingerprint density at radius 1 is 1.19 bits per heavy atom. The van der Waals surface area contributed by atoms with Crippen LogP contribution in [-0.2, 0) is 13.1 Å². The molecule has 0 atom stereocenters. The van der Waals surface area contributed by atoms with Gasteiger partial charge in [0.15, 0.2) is 0 Å². The van der Waals surface area contributed by atoms with Crippen molar-refractivity contribution in [1.82, 2.24) is 4.90 Å². The number of fused-ring (bicyclic) bond motifs is 1. The molecular formula is C21H17ClN2O2S. The van der Waals surface area contributed by atoms with Gasteiger partial charge < -0.3 is 10.2 Å². The number of aryl methyl sites for hydroxylation is 1. The van der Waals surface area contributed by atoms with Gasteiger partial charge in [-0.2, -0.15) is 0 Å². The van der Waals surface area contributed by atoms with Gasteiger partial charge in [-0.3, -0.25) is 9.59 Å². The van der Waals surface area contributed by atoms with Gasteiger partial charge in [0.2, 0.25) is 0 Å². The molecule has 0 saturated heterocycles. The minimum atomic E-state index is -0.259. The molecule has 4 rings (SSSR count). The average Bonchev–Trinajstić information content (AvgIpc) is 3.20. The Balaban J connectivity index is 1.57. The first kappa shape index (κ1) is 17.8. The van der Waals surface area contributed by atoms with Crippen LogP contribution < -0.4 is 5.32 Å². The molecule has 0 bridgehead atoms. The molecule has 1 N–H and O–H groups in total. The van der Waals surface area contributed by atoms with Crippen LogP contribution in [0.2, 0.25) is 4.34 Å². The number of benzene rings is 2. The Labute approximate surface area is 166 Å². The molecule has 1 aliphatic heterocycles. The number of carbonyl (C=O) groups is 2. The predicted octanol–water partition coefficient (Wildman–Crippen LogP) is 5.12. The normalized spacial score (nSPS) is 13.0. The number of anilines is 1. The van der Waals surface area contributed by atoms with Crippen LogP contribution in [0.4, 0.5) is 5.69 Å². The van der Waals surface area contributed by atoms with Gasteiger partial charge in [-0.05, 0) is 36.2 Å². The second-order valence-electron chi connectivity index (χ2n) is 6.55. The zero-order valence-corrected chi connectivity index (χ0v) is 16.2. The first-order valence-corrected chi connectivity index (χ1v) is 9.74. The zero-order chi connectivity index (χ0) is 19.0. The molecule has 0 aliphatic carbocycles. The molecule has 0 saturated carbocycles. The van der Waals surface area contributed by atoms with Crippen molar-refractivity contribution in [2.75, 3.05) is 5.32 Å². The molecule has 1 aliphatic rings. The van der Waals surface area contributed by atoms with Crippen molar-refractivity contribution < 1.29 is 9.59 Å². The molecule has 0 fully saturated rings. The largest absolute Gasteiger partial charge is 0.330 e. The van der Waals surface area contributed by atoms with E-state index in [0.717, 1.165) is 11.1 Å². The third kappa shape index (κ3) is 3.61. The molecule has 0 radical (unpaired) electrons. The molecule has 4 nitrogen and oxygen atoms in total. The summed E-state index contributed by atoms with van der Waals surface area (Å²) in [4.78, 5) is 27.8. The molecule has 27 heavy (non-hydrogen) atoms. The second-order valence-corrected chi connectivity index (χ2v) is 8.26. The molecular weight excluding hydrogens is 380 g/mol. The van der Waals surface area contributed by atoms with Crippen LogP contribution in [0.5, 0.6) is 0 Å². The fourth-order valence-electron chi connectivity index (χ4n) is 3.30. The summed E-state index contributed by atoms with van der Waals surface area (Å²) in [7, 11) is 0. The molecule has 1 aromatic heterocycles. The standard InChI is InChI=1S/C21H17ClN2O2S/c1-13-4-2-5-14(10-13)11-24-12-15-6-3-7-16(19(15)21(24)26)23-20(25)17-8-9-18(22)27-17/h2-10H,11-12H2,1H3,(H,23,25). The van der Waals surface area contributed by atoms with E-state index in [1.54, 1.807) is 23.1 Å². The lowest BCUT2D eigenvalue weighted by molar-refractivity contribution is 0.0767. The molecule has 0 spiro atoms. The van der Waals surface area contributed by atoms with E-state index in [1.807, 2.05) is 37.3 Å². The highest BCUT2D eigenvalue weighted by Gasteiger charge is 2.30. The van der Waals surface area contributed by atoms with Gasteiger partial charge in [-0.25, -0.2) is 0 Å². The van der Waals surface area contributed by atoms with Crippen LogP contribution in [0, 0.1) is 6.92 Å². The number of halogens is 1. The van der Waals surface area contributed by atoms with E-state index in [2.05, 4.69) is 11.4 Å². The summed E-state index contributed by atoms with van der Waals surface area (Å²) >= 11 is 7.12. The average molecular weight is 397 g/mol. The molecule has 2 heterocycles. The predicted molar refractivity (Wildman–Crippen MR) is 108 cm³/mol. The van der Waals surface area contributed by atoms with Gasteiger partial charge in [0.1, 0.15) is 0 Å². The fraction of sp³-hybridized carbons (Fsp3) is 0.143. The maximum atomic E-state index is 13.0. The van der Waals surface area contributed by atoms with E-state index in [1.165, 1.54) is 16.9 Å². The number of rotatable bonds is 4. The van der Waals surface area contributed by atoms with Crippen LogP contribution in [0.15, 0.2) is 54.6 Å². The van der Waals surface area contributed by atoms with Crippen molar-refractivity contribution in [3.63, 3.8) is 0 Å². The minimum Gasteiger partial charge on any atom is -0.330 e. The van der Waals surface area contributed by atoms with Gasteiger partial charge in [0, 0.05) is 13.1 Å². The van der Waals surface area contributed by atoms with E-state index in [9.17, 15) is 9.59 Å². The number of carbonyl (C=O) groups excluding carboxylic acids is 2. The Morgan fingerprint density at radius 3 is 2.74 bits per heavy atom. The lowest BCUT2D eigenvalue weighted by atomic mass is 10.1. The highest BCUT2D eigenvalue weighted by Crippen LogP contribution is 2.31. The summed E-state index contributed by atoms with van der Waals surface area (Å²) in [6.45, 7) is 3.12. The first-order chi connectivity index (χ1) is 13.0. The number of thiophene rings is 1. The Kier molecular flexibility index (Phi) is 4.72. The quantitative estimate of drug-likeness (QED) is 0.665. The summed E-state index contributed by atoms with van der Waals surface area (Å²) in [5.41, 5.74) is 4.30. The molecule has 136 valence electrons. The highest BCUT2D eigenvalue weighted by molar-refractivity contribution is 7.18. The number of nitrogens with zero attached hydrogens (tertiary/aromatic N) is 1. The molecule has 2 amide bonds. The zero-order valence-electron chi connectivity index (χ0n) is 14.7. The molecule has 0 unspecified atom stereocenters. The van der Waals surface area contributed by atoms with Crippen LogP contribution in [0.1, 0.15) is 36.7 Å². The smallest absolute Gasteiger partial charge is 0.265 e. The number of amides is 2. The Morgan fingerprint density at radius 2 is 2.00 bits per heavy atom. The summed E-state index contributed by atoms with van der Waals surface area (Å²) in [5, 5.41) is 2.86. The third-order valence-corrected chi connectivity index (χ3v) is 5.74. The first-order valence-electron chi connectivity index (χ1n) is 8.54. The van der Waals surface area contributed by atoms with Crippen LogP contribution in [0.25, 0.3) is 0 Å². The van der Waals surface area contributed by atoms with Gasteiger partial charge >= 0.3 is 0 Å². The summed E-state index contributed by atoms with van der Waals surface area (Å²) < 4.78 is 0.554. The Bertz CT molecular complexity index is 1040. The lowest BCUT2D eigenvalue weighted by Gasteiger charge is -2.16. The summed E-state index contributed by atoms with van der Waals surface area (Å²) in [6.07, 6.45) is 0. The second kappa shape index (κ2) is 7.18. The van der Waals surface area contributed by atoms with Crippen molar-refractivity contribution >= 4 is 40.4 Å². The van der Waals surface area contributed by atoms with Crippen molar-refractivity contribution in [2.45, 2.75) is 20.0 Å². The summed E-state index contributed by atoms with van der Waals surface area (Å²) in [5.74, 6) is -0.322. The minimum absolute atomic E-state index is 0.0633. The third-order valence-electron chi connectivity index (χ3n) is 4.51. The Hall–Kier alpha value is -2.63.